The Kier molecular flexibility index (Phi) is 1.78. The zero-order valence-corrected chi connectivity index (χ0v) is 5.42. The SMILES string of the molecule is COC1=C(O)C=CCC1. The van der Waals surface area contributed by atoms with E-state index < -0.39 is 0 Å². The highest BCUT2D eigenvalue weighted by atomic mass is 16.5. The Morgan fingerprint density at radius 3 is 2.89 bits per heavy atom. The van der Waals surface area contributed by atoms with Crippen LogP contribution < -0.4 is 0 Å². The molecule has 0 amide bonds. The van der Waals surface area contributed by atoms with Crippen LogP contribution in [0, 0.1) is 0 Å². The van der Waals surface area contributed by atoms with E-state index in [1.807, 2.05) is 6.08 Å². The number of methoxy groups -OCH3 is 1. The Balaban J connectivity index is 2.72. The largest absolute Gasteiger partial charge is 0.505 e. The van der Waals surface area contributed by atoms with Crippen molar-refractivity contribution in [2.45, 2.75) is 12.8 Å². The molecule has 0 aliphatic heterocycles. The van der Waals surface area contributed by atoms with Crippen molar-refractivity contribution < 1.29 is 9.84 Å². The number of hydrogen-bond donors (Lipinski definition) is 1. The van der Waals surface area contributed by atoms with E-state index in [0.717, 1.165) is 12.8 Å². The maximum Gasteiger partial charge on any atom is 0.152 e. The minimum Gasteiger partial charge on any atom is -0.505 e. The van der Waals surface area contributed by atoms with Crippen molar-refractivity contribution >= 4 is 0 Å². The van der Waals surface area contributed by atoms with E-state index in [4.69, 9.17) is 9.84 Å². The number of ether oxygens (including phenoxy) is 1. The first-order valence-corrected chi connectivity index (χ1v) is 2.97. The normalized spacial score (nSPS) is 18.3. The molecular formula is C7H10O2. The third-order valence-electron chi connectivity index (χ3n) is 1.35. The molecule has 0 aromatic heterocycles. The highest BCUT2D eigenvalue weighted by Gasteiger charge is 2.05. The van der Waals surface area contributed by atoms with Crippen LogP contribution in [0.25, 0.3) is 0 Å². The molecule has 0 heterocycles. The van der Waals surface area contributed by atoms with E-state index in [1.54, 1.807) is 13.2 Å². The number of rotatable bonds is 1. The summed E-state index contributed by atoms with van der Waals surface area (Å²) in [5, 5.41) is 9.04. The predicted molar refractivity (Wildman–Crippen MR) is 35.0 cm³/mol. The Morgan fingerprint density at radius 2 is 2.44 bits per heavy atom. The average molecular weight is 126 g/mol. The number of aliphatic hydroxyl groups is 1. The quantitative estimate of drug-likeness (QED) is 0.580. The first-order chi connectivity index (χ1) is 4.34. The Morgan fingerprint density at radius 1 is 1.67 bits per heavy atom. The lowest BCUT2D eigenvalue weighted by molar-refractivity contribution is 0.245. The van der Waals surface area contributed by atoms with Gasteiger partial charge in [0.05, 0.1) is 7.11 Å². The molecule has 0 saturated carbocycles. The first-order valence-electron chi connectivity index (χ1n) is 2.97. The Hall–Kier alpha value is -0.920. The van der Waals surface area contributed by atoms with E-state index in [9.17, 15) is 0 Å². The van der Waals surface area contributed by atoms with Crippen molar-refractivity contribution in [1.29, 1.82) is 0 Å². The minimum absolute atomic E-state index is 0.267. The van der Waals surface area contributed by atoms with Gasteiger partial charge in [0.15, 0.2) is 5.76 Å². The molecule has 0 radical (unpaired) electrons. The molecule has 0 aromatic carbocycles. The minimum atomic E-state index is 0.267. The van der Waals surface area contributed by atoms with Crippen molar-refractivity contribution in [3.05, 3.63) is 23.7 Å². The summed E-state index contributed by atoms with van der Waals surface area (Å²) in [4.78, 5) is 0. The number of hydrogen-bond acceptors (Lipinski definition) is 2. The van der Waals surface area contributed by atoms with Gasteiger partial charge in [-0.15, -0.1) is 0 Å². The summed E-state index contributed by atoms with van der Waals surface area (Å²) in [6, 6.07) is 0. The monoisotopic (exact) mass is 126 g/mol. The summed E-state index contributed by atoms with van der Waals surface area (Å²) in [6.45, 7) is 0. The molecule has 1 N–H and O–H groups in total. The molecule has 2 nitrogen and oxygen atoms in total. The Bertz CT molecular complexity index is 156. The second-order valence-electron chi connectivity index (χ2n) is 1.95. The standard InChI is InChI=1S/C7H10O2/c1-9-7-5-3-2-4-6(7)8/h2,4,8H,3,5H2,1H3. The van der Waals surface area contributed by atoms with Gasteiger partial charge in [0.25, 0.3) is 0 Å². The smallest absolute Gasteiger partial charge is 0.152 e. The van der Waals surface area contributed by atoms with Gasteiger partial charge in [-0.2, -0.15) is 0 Å². The molecule has 1 rings (SSSR count). The van der Waals surface area contributed by atoms with Crippen molar-refractivity contribution in [3.63, 3.8) is 0 Å². The lowest BCUT2D eigenvalue weighted by atomic mass is 10.1. The summed E-state index contributed by atoms with van der Waals surface area (Å²) in [6.07, 6.45) is 5.38. The van der Waals surface area contributed by atoms with Crippen molar-refractivity contribution in [1.82, 2.24) is 0 Å². The second-order valence-corrected chi connectivity index (χ2v) is 1.95. The first kappa shape index (κ1) is 6.20. The molecule has 0 fully saturated rings. The van der Waals surface area contributed by atoms with E-state index in [0.29, 0.717) is 5.76 Å². The van der Waals surface area contributed by atoms with Gasteiger partial charge < -0.3 is 9.84 Å². The molecule has 0 unspecified atom stereocenters. The fraction of sp³-hybridized carbons (Fsp3) is 0.429. The van der Waals surface area contributed by atoms with Gasteiger partial charge in [-0.3, -0.25) is 0 Å². The van der Waals surface area contributed by atoms with Gasteiger partial charge >= 0.3 is 0 Å². The summed E-state index contributed by atoms with van der Waals surface area (Å²) >= 11 is 0. The highest BCUT2D eigenvalue weighted by molar-refractivity contribution is 5.19. The summed E-state index contributed by atoms with van der Waals surface area (Å²) < 4.78 is 4.88. The lowest BCUT2D eigenvalue weighted by Gasteiger charge is -2.08. The molecule has 0 bridgehead atoms. The maximum absolute atomic E-state index is 9.04. The molecule has 2 heteroatoms. The van der Waals surface area contributed by atoms with Gasteiger partial charge in [-0.25, -0.2) is 0 Å². The van der Waals surface area contributed by atoms with Gasteiger partial charge in [0.1, 0.15) is 5.76 Å². The molecular weight excluding hydrogens is 116 g/mol. The second kappa shape index (κ2) is 2.58. The predicted octanol–water partition coefficient (Wildman–Crippen LogP) is 1.75. The fourth-order valence-corrected chi connectivity index (χ4v) is 0.837. The summed E-state index contributed by atoms with van der Waals surface area (Å²) in [5.41, 5.74) is 0. The molecule has 0 spiro atoms. The van der Waals surface area contributed by atoms with Crippen LogP contribution in [0.4, 0.5) is 0 Å². The lowest BCUT2D eigenvalue weighted by Crippen LogP contribution is -1.95. The topological polar surface area (TPSA) is 29.5 Å². The third kappa shape index (κ3) is 1.25. The van der Waals surface area contributed by atoms with Crippen LogP contribution in [0.1, 0.15) is 12.8 Å². The molecule has 50 valence electrons. The van der Waals surface area contributed by atoms with Crippen LogP contribution in [0.15, 0.2) is 23.7 Å². The average Bonchev–Trinajstić information content (AvgIpc) is 1.89. The molecule has 0 aromatic rings. The molecule has 1 aliphatic carbocycles. The van der Waals surface area contributed by atoms with Crippen molar-refractivity contribution in [2.75, 3.05) is 7.11 Å². The summed E-state index contributed by atoms with van der Waals surface area (Å²) in [7, 11) is 1.57. The van der Waals surface area contributed by atoms with Crippen LogP contribution >= 0.6 is 0 Å². The van der Waals surface area contributed by atoms with Crippen molar-refractivity contribution in [3.8, 4) is 0 Å². The molecule has 0 atom stereocenters. The third-order valence-corrected chi connectivity index (χ3v) is 1.35. The zero-order chi connectivity index (χ0) is 6.69. The highest BCUT2D eigenvalue weighted by Crippen LogP contribution is 2.16. The van der Waals surface area contributed by atoms with Gasteiger partial charge in [0, 0.05) is 6.42 Å². The fourth-order valence-electron chi connectivity index (χ4n) is 0.837. The van der Waals surface area contributed by atoms with Crippen LogP contribution in [0.3, 0.4) is 0 Å². The van der Waals surface area contributed by atoms with Crippen LogP contribution in [0.5, 0.6) is 0 Å². The number of aliphatic hydroxyl groups excluding tert-OH is 1. The van der Waals surface area contributed by atoms with Crippen LogP contribution in [0.2, 0.25) is 0 Å². The molecule has 0 saturated heterocycles. The van der Waals surface area contributed by atoms with Gasteiger partial charge in [-0.1, -0.05) is 6.08 Å². The molecule has 1 aliphatic rings. The Labute approximate surface area is 54.5 Å². The van der Waals surface area contributed by atoms with Crippen LogP contribution in [-0.2, 0) is 4.74 Å². The maximum atomic E-state index is 9.04. The zero-order valence-electron chi connectivity index (χ0n) is 5.42. The number of allylic oxidation sites excluding steroid dienone is 3. The summed E-state index contributed by atoms with van der Waals surface area (Å²) in [5.74, 6) is 0.959. The van der Waals surface area contributed by atoms with Gasteiger partial charge in [0.2, 0.25) is 0 Å². The van der Waals surface area contributed by atoms with E-state index in [-0.39, 0.29) is 5.76 Å². The van der Waals surface area contributed by atoms with Gasteiger partial charge in [-0.05, 0) is 12.5 Å². The van der Waals surface area contributed by atoms with E-state index >= 15 is 0 Å². The van der Waals surface area contributed by atoms with E-state index in [2.05, 4.69) is 0 Å². The van der Waals surface area contributed by atoms with Crippen molar-refractivity contribution in [2.24, 2.45) is 0 Å². The molecule has 9 heavy (non-hydrogen) atoms. The van der Waals surface area contributed by atoms with Crippen LogP contribution in [-0.4, -0.2) is 12.2 Å². The van der Waals surface area contributed by atoms with E-state index in [1.165, 1.54) is 0 Å².